The summed E-state index contributed by atoms with van der Waals surface area (Å²) in [7, 11) is 4.25. The first-order valence-corrected chi connectivity index (χ1v) is 7.76. The van der Waals surface area contributed by atoms with E-state index in [1.54, 1.807) is 6.26 Å². The quantitative estimate of drug-likeness (QED) is 0.840. The minimum absolute atomic E-state index is 0.135. The summed E-state index contributed by atoms with van der Waals surface area (Å²) in [6.45, 7) is 6.10. The zero-order valence-electron chi connectivity index (χ0n) is 13.1. The third-order valence-electron chi connectivity index (χ3n) is 4.30. The molecule has 1 aromatic rings. The lowest BCUT2D eigenvalue weighted by Crippen LogP contribution is -2.44. The van der Waals surface area contributed by atoms with Gasteiger partial charge in [-0.3, -0.25) is 4.90 Å². The molecule has 2 aliphatic rings. The van der Waals surface area contributed by atoms with Crippen molar-refractivity contribution in [2.24, 2.45) is 5.92 Å². The normalized spacial score (nSPS) is 31.1. The molecule has 2 aliphatic heterocycles. The highest BCUT2D eigenvalue weighted by molar-refractivity contribution is 5.00. The van der Waals surface area contributed by atoms with Gasteiger partial charge >= 0.3 is 0 Å². The van der Waals surface area contributed by atoms with E-state index in [2.05, 4.69) is 23.9 Å². The first-order chi connectivity index (χ1) is 10.2. The van der Waals surface area contributed by atoms with Crippen molar-refractivity contribution in [2.45, 2.75) is 18.6 Å². The van der Waals surface area contributed by atoms with Gasteiger partial charge in [0.15, 0.2) is 0 Å². The first-order valence-electron chi connectivity index (χ1n) is 7.76. The SMILES string of the molecule is CN(C)C[C@@H]1CO[C@@]2(COCCN(Cc3ccco3)C2)C1. The molecule has 0 radical (unpaired) electrons. The molecule has 2 saturated heterocycles. The summed E-state index contributed by atoms with van der Waals surface area (Å²) in [6.07, 6.45) is 2.82. The Bertz CT molecular complexity index is 435. The van der Waals surface area contributed by atoms with Gasteiger partial charge in [-0.15, -0.1) is 0 Å². The summed E-state index contributed by atoms with van der Waals surface area (Å²) < 4.78 is 17.5. The molecule has 1 spiro atoms. The molecule has 0 N–H and O–H groups in total. The van der Waals surface area contributed by atoms with Crippen LogP contribution in [0.25, 0.3) is 0 Å². The van der Waals surface area contributed by atoms with Crippen molar-refractivity contribution in [2.75, 3.05) is 53.6 Å². The van der Waals surface area contributed by atoms with Gasteiger partial charge in [0.2, 0.25) is 0 Å². The van der Waals surface area contributed by atoms with Crippen LogP contribution in [0.1, 0.15) is 12.2 Å². The lowest BCUT2D eigenvalue weighted by Gasteiger charge is -2.30. The van der Waals surface area contributed by atoms with Crippen LogP contribution in [0.5, 0.6) is 0 Å². The minimum atomic E-state index is -0.135. The highest BCUT2D eigenvalue weighted by atomic mass is 16.5. The summed E-state index contributed by atoms with van der Waals surface area (Å²) in [4.78, 5) is 4.63. The van der Waals surface area contributed by atoms with Crippen LogP contribution in [0.3, 0.4) is 0 Å². The molecule has 0 bridgehead atoms. The van der Waals surface area contributed by atoms with Gasteiger partial charge in [-0.2, -0.15) is 0 Å². The molecule has 1 aromatic heterocycles. The maximum atomic E-state index is 6.20. The zero-order valence-corrected chi connectivity index (χ0v) is 13.1. The van der Waals surface area contributed by atoms with Crippen LogP contribution in [0.4, 0.5) is 0 Å². The van der Waals surface area contributed by atoms with Gasteiger partial charge in [-0.05, 0) is 38.6 Å². The van der Waals surface area contributed by atoms with Gasteiger partial charge in [0.05, 0.1) is 32.6 Å². The molecule has 0 aliphatic carbocycles. The molecule has 5 heteroatoms. The van der Waals surface area contributed by atoms with E-state index in [1.165, 1.54) is 0 Å². The molecule has 21 heavy (non-hydrogen) atoms. The average molecular weight is 294 g/mol. The van der Waals surface area contributed by atoms with E-state index < -0.39 is 0 Å². The predicted molar refractivity (Wildman–Crippen MR) is 80.1 cm³/mol. The molecule has 0 unspecified atom stereocenters. The summed E-state index contributed by atoms with van der Waals surface area (Å²) in [5.74, 6) is 1.61. The second-order valence-electron chi connectivity index (χ2n) is 6.67. The van der Waals surface area contributed by atoms with E-state index in [9.17, 15) is 0 Å². The van der Waals surface area contributed by atoms with Crippen molar-refractivity contribution in [3.05, 3.63) is 24.2 Å². The van der Waals surface area contributed by atoms with Crippen molar-refractivity contribution in [3.8, 4) is 0 Å². The van der Waals surface area contributed by atoms with E-state index in [0.717, 1.165) is 51.6 Å². The van der Waals surface area contributed by atoms with Crippen molar-refractivity contribution in [1.29, 1.82) is 0 Å². The fourth-order valence-corrected chi connectivity index (χ4v) is 3.52. The Morgan fingerprint density at radius 2 is 2.33 bits per heavy atom. The first kappa shape index (κ1) is 15.0. The number of nitrogens with zero attached hydrogens (tertiary/aromatic N) is 2. The number of furan rings is 1. The van der Waals surface area contributed by atoms with Crippen LogP contribution in [0, 0.1) is 5.92 Å². The minimum Gasteiger partial charge on any atom is -0.468 e. The number of hydrogen-bond donors (Lipinski definition) is 0. The summed E-state index contributed by atoms with van der Waals surface area (Å²) >= 11 is 0. The lowest BCUT2D eigenvalue weighted by atomic mass is 9.94. The molecule has 5 nitrogen and oxygen atoms in total. The Labute approximate surface area is 126 Å². The van der Waals surface area contributed by atoms with Gasteiger partial charge in [0.1, 0.15) is 11.4 Å². The molecule has 2 fully saturated rings. The largest absolute Gasteiger partial charge is 0.468 e. The Kier molecular flexibility index (Phi) is 4.64. The Morgan fingerprint density at radius 1 is 1.43 bits per heavy atom. The van der Waals surface area contributed by atoms with Crippen molar-refractivity contribution in [1.82, 2.24) is 9.80 Å². The van der Waals surface area contributed by atoms with Crippen molar-refractivity contribution >= 4 is 0 Å². The molecule has 0 amide bonds. The monoisotopic (exact) mass is 294 g/mol. The van der Waals surface area contributed by atoms with Crippen LogP contribution < -0.4 is 0 Å². The van der Waals surface area contributed by atoms with E-state index in [0.29, 0.717) is 12.5 Å². The number of rotatable bonds is 4. The number of hydrogen-bond acceptors (Lipinski definition) is 5. The summed E-state index contributed by atoms with van der Waals surface area (Å²) in [6, 6.07) is 3.97. The Morgan fingerprint density at radius 3 is 3.10 bits per heavy atom. The molecule has 3 rings (SSSR count). The second kappa shape index (κ2) is 6.48. The van der Waals surface area contributed by atoms with Crippen LogP contribution in [0.15, 0.2) is 22.8 Å². The van der Waals surface area contributed by atoms with Crippen LogP contribution in [0.2, 0.25) is 0 Å². The Balaban J connectivity index is 1.62. The van der Waals surface area contributed by atoms with Crippen molar-refractivity contribution < 1.29 is 13.9 Å². The Hall–Kier alpha value is -0.880. The van der Waals surface area contributed by atoms with Gasteiger partial charge < -0.3 is 18.8 Å². The van der Waals surface area contributed by atoms with Gasteiger partial charge in [0.25, 0.3) is 0 Å². The van der Waals surface area contributed by atoms with E-state index in [1.807, 2.05) is 12.1 Å². The van der Waals surface area contributed by atoms with Crippen molar-refractivity contribution in [3.63, 3.8) is 0 Å². The standard InChI is InChI=1S/C16H26N2O3/c1-17(2)9-14-8-16(21-11-14)12-18(5-7-19-13-16)10-15-4-3-6-20-15/h3-4,6,14H,5,7-13H2,1-2H3/t14-,16+/m1/s1. The highest BCUT2D eigenvalue weighted by Crippen LogP contribution is 2.33. The molecular weight excluding hydrogens is 268 g/mol. The third-order valence-corrected chi connectivity index (χ3v) is 4.30. The maximum absolute atomic E-state index is 6.20. The van der Waals surface area contributed by atoms with E-state index in [4.69, 9.17) is 13.9 Å². The molecule has 0 saturated carbocycles. The van der Waals surface area contributed by atoms with E-state index >= 15 is 0 Å². The van der Waals surface area contributed by atoms with Gasteiger partial charge in [-0.25, -0.2) is 0 Å². The topological polar surface area (TPSA) is 38.1 Å². The molecule has 3 heterocycles. The van der Waals surface area contributed by atoms with Crippen LogP contribution in [-0.2, 0) is 16.0 Å². The second-order valence-corrected chi connectivity index (χ2v) is 6.67. The summed E-state index contributed by atoms with van der Waals surface area (Å²) in [5, 5.41) is 0. The highest BCUT2D eigenvalue weighted by Gasteiger charge is 2.43. The van der Waals surface area contributed by atoms with Crippen LogP contribution >= 0.6 is 0 Å². The molecule has 118 valence electrons. The smallest absolute Gasteiger partial charge is 0.117 e. The average Bonchev–Trinajstić information content (AvgIpc) is 3.00. The molecule has 0 aromatic carbocycles. The van der Waals surface area contributed by atoms with E-state index in [-0.39, 0.29) is 5.60 Å². The summed E-state index contributed by atoms with van der Waals surface area (Å²) in [5.41, 5.74) is -0.135. The van der Waals surface area contributed by atoms with Gasteiger partial charge in [-0.1, -0.05) is 0 Å². The maximum Gasteiger partial charge on any atom is 0.117 e. The predicted octanol–water partition coefficient (Wildman–Crippen LogP) is 1.45. The fraction of sp³-hybridized carbons (Fsp3) is 0.750. The molecular formula is C16H26N2O3. The zero-order chi connectivity index (χ0) is 14.7. The molecule has 2 atom stereocenters. The van der Waals surface area contributed by atoms with Gasteiger partial charge in [0, 0.05) is 19.6 Å². The lowest BCUT2D eigenvalue weighted by molar-refractivity contribution is -0.0566. The van der Waals surface area contributed by atoms with Crippen LogP contribution in [-0.4, -0.2) is 69.0 Å². The number of ether oxygens (including phenoxy) is 2. The third kappa shape index (κ3) is 3.86. The fourth-order valence-electron chi connectivity index (χ4n) is 3.52.